The Labute approximate surface area is 171 Å². The summed E-state index contributed by atoms with van der Waals surface area (Å²) in [5, 5.41) is 20.4. The molecule has 0 saturated carbocycles. The molecule has 12 heteroatoms. The number of carbonyl (C=O) groups excluding carboxylic acids is 2. The molecular formula is C16H25N7O3S2. The summed E-state index contributed by atoms with van der Waals surface area (Å²) in [6, 6.07) is -0.642. The van der Waals surface area contributed by atoms with Gasteiger partial charge < -0.3 is 10.5 Å². The van der Waals surface area contributed by atoms with Crippen molar-refractivity contribution >= 4 is 46.1 Å². The van der Waals surface area contributed by atoms with Gasteiger partial charge in [-0.05, 0) is 19.3 Å². The van der Waals surface area contributed by atoms with Gasteiger partial charge in [0.1, 0.15) is 11.0 Å². The molecule has 0 aromatic carbocycles. The predicted octanol–water partition coefficient (Wildman–Crippen LogP) is 2.16. The second kappa shape index (κ2) is 10.4. The van der Waals surface area contributed by atoms with Gasteiger partial charge in [0.15, 0.2) is 5.16 Å². The highest BCUT2D eigenvalue weighted by molar-refractivity contribution is 7.99. The summed E-state index contributed by atoms with van der Waals surface area (Å²) in [5.74, 6) is -0.0513. The van der Waals surface area contributed by atoms with E-state index in [-0.39, 0.29) is 23.6 Å². The highest BCUT2D eigenvalue weighted by Crippen LogP contribution is 2.27. The number of ether oxygens (including phenoxy) is 1. The summed E-state index contributed by atoms with van der Waals surface area (Å²) >= 11 is 2.47. The largest absolute Gasteiger partial charge is 0.465 e. The van der Waals surface area contributed by atoms with Crippen molar-refractivity contribution in [2.24, 2.45) is 5.92 Å². The van der Waals surface area contributed by atoms with Crippen LogP contribution in [0.25, 0.3) is 0 Å². The van der Waals surface area contributed by atoms with Crippen molar-refractivity contribution in [1.82, 2.24) is 25.0 Å². The van der Waals surface area contributed by atoms with Crippen LogP contribution in [0.5, 0.6) is 0 Å². The van der Waals surface area contributed by atoms with E-state index in [0.717, 1.165) is 23.2 Å². The fourth-order valence-electron chi connectivity index (χ4n) is 2.42. The Kier molecular flexibility index (Phi) is 8.18. The normalized spacial score (nSPS) is 12.2. The smallest absolute Gasteiger partial charge is 0.316 e. The number of hydrogen-bond donors (Lipinski definition) is 2. The van der Waals surface area contributed by atoms with E-state index in [4.69, 9.17) is 10.5 Å². The average Bonchev–Trinajstić information content (AvgIpc) is 3.21. The Hall–Kier alpha value is -2.21. The fourth-order valence-corrected chi connectivity index (χ4v) is 4.16. The molecular weight excluding hydrogens is 402 g/mol. The molecule has 0 fully saturated rings. The first-order valence-corrected chi connectivity index (χ1v) is 10.8. The first-order valence-electron chi connectivity index (χ1n) is 8.97. The molecule has 0 aliphatic heterocycles. The van der Waals surface area contributed by atoms with Gasteiger partial charge >= 0.3 is 5.97 Å². The molecule has 154 valence electrons. The molecule has 2 heterocycles. The monoisotopic (exact) mass is 427 g/mol. The van der Waals surface area contributed by atoms with E-state index in [1.54, 1.807) is 6.92 Å². The van der Waals surface area contributed by atoms with E-state index in [2.05, 4.69) is 39.6 Å². The molecule has 3 N–H and O–H groups in total. The van der Waals surface area contributed by atoms with Crippen LogP contribution < -0.4 is 11.1 Å². The number of nitrogen functional groups attached to an aromatic ring is 1. The Balaban J connectivity index is 2.11. The molecule has 0 aliphatic rings. The summed E-state index contributed by atoms with van der Waals surface area (Å²) in [5.41, 5.74) is 5.93. The van der Waals surface area contributed by atoms with E-state index in [0.29, 0.717) is 29.2 Å². The maximum absolute atomic E-state index is 12.8. The maximum Gasteiger partial charge on any atom is 0.316 e. The third kappa shape index (κ3) is 5.89. The molecule has 0 aliphatic carbocycles. The van der Waals surface area contributed by atoms with Crippen molar-refractivity contribution in [3.8, 4) is 0 Å². The average molecular weight is 428 g/mol. The molecule has 1 unspecified atom stereocenters. The third-order valence-corrected chi connectivity index (χ3v) is 5.37. The second-order valence-electron chi connectivity index (χ2n) is 6.32. The number of nitrogens with two attached hydrogens (primary N) is 1. The molecule has 1 amide bonds. The number of thioether (sulfide) groups is 1. The van der Waals surface area contributed by atoms with Crippen molar-refractivity contribution in [3.05, 3.63) is 5.01 Å². The van der Waals surface area contributed by atoms with Gasteiger partial charge in [-0.2, -0.15) is 0 Å². The Bertz CT molecular complexity index is 806. The van der Waals surface area contributed by atoms with Crippen LogP contribution in [0.2, 0.25) is 0 Å². The number of carbonyl (C=O) groups is 2. The van der Waals surface area contributed by atoms with E-state index in [1.165, 1.54) is 15.9 Å². The summed E-state index contributed by atoms with van der Waals surface area (Å²) in [7, 11) is 0. The second-order valence-corrected chi connectivity index (χ2v) is 8.32. The molecule has 28 heavy (non-hydrogen) atoms. The van der Waals surface area contributed by atoms with Gasteiger partial charge in [-0.1, -0.05) is 43.9 Å². The molecule has 0 bridgehead atoms. The lowest BCUT2D eigenvalue weighted by Gasteiger charge is -2.18. The van der Waals surface area contributed by atoms with Gasteiger partial charge in [0.25, 0.3) is 0 Å². The van der Waals surface area contributed by atoms with Crippen LogP contribution in [-0.2, 0) is 20.7 Å². The molecule has 2 aromatic rings. The SMILES string of the molecule is CCOC(=O)CSc1nnc(N)n1C(CC)C(=O)Nc1nnc(CC(C)C)s1. The quantitative estimate of drug-likeness (QED) is 0.431. The van der Waals surface area contributed by atoms with Gasteiger partial charge in [0, 0.05) is 6.42 Å². The van der Waals surface area contributed by atoms with Gasteiger partial charge in [-0.3, -0.25) is 19.5 Å². The Morgan fingerprint density at radius 1 is 1.25 bits per heavy atom. The van der Waals surface area contributed by atoms with Gasteiger partial charge in [-0.25, -0.2) is 0 Å². The Morgan fingerprint density at radius 3 is 2.64 bits per heavy atom. The summed E-state index contributed by atoms with van der Waals surface area (Å²) in [4.78, 5) is 24.4. The number of rotatable bonds is 10. The van der Waals surface area contributed by atoms with Crippen molar-refractivity contribution in [3.63, 3.8) is 0 Å². The number of anilines is 2. The highest BCUT2D eigenvalue weighted by Gasteiger charge is 2.26. The first-order chi connectivity index (χ1) is 13.3. The van der Waals surface area contributed by atoms with E-state index in [9.17, 15) is 9.59 Å². The van der Waals surface area contributed by atoms with Crippen molar-refractivity contribution < 1.29 is 14.3 Å². The van der Waals surface area contributed by atoms with Crippen LogP contribution in [0.1, 0.15) is 45.2 Å². The van der Waals surface area contributed by atoms with E-state index < -0.39 is 6.04 Å². The highest BCUT2D eigenvalue weighted by atomic mass is 32.2. The zero-order chi connectivity index (χ0) is 20.7. The predicted molar refractivity (Wildman–Crippen MR) is 108 cm³/mol. The topological polar surface area (TPSA) is 138 Å². The lowest BCUT2D eigenvalue weighted by molar-refractivity contribution is -0.139. The lowest BCUT2D eigenvalue weighted by atomic mass is 10.1. The Morgan fingerprint density at radius 2 is 2.00 bits per heavy atom. The zero-order valence-electron chi connectivity index (χ0n) is 16.3. The van der Waals surface area contributed by atoms with E-state index >= 15 is 0 Å². The maximum atomic E-state index is 12.8. The van der Waals surface area contributed by atoms with Crippen LogP contribution in [0, 0.1) is 5.92 Å². The standard InChI is InChI=1S/C16H25N7O3S2/c1-5-10(13(25)18-15-21-19-11(28-15)7-9(3)4)23-14(17)20-22-16(23)27-8-12(24)26-6-2/h9-10H,5-8H2,1-4H3,(H2,17,20)(H,18,21,25). The molecule has 0 saturated heterocycles. The minimum Gasteiger partial charge on any atom is -0.465 e. The minimum absolute atomic E-state index is 0.0546. The lowest BCUT2D eigenvalue weighted by Crippen LogP contribution is -2.27. The third-order valence-electron chi connectivity index (χ3n) is 3.60. The number of hydrogen-bond acceptors (Lipinski definition) is 10. The molecule has 0 radical (unpaired) electrons. The summed E-state index contributed by atoms with van der Waals surface area (Å²) in [6.07, 6.45) is 1.26. The van der Waals surface area contributed by atoms with Crippen molar-refractivity contribution in [2.45, 2.75) is 51.7 Å². The van der Waals surface area contributed by atoms with Crippen LogP contribution >= 0.6 is 23.1 Å². The van der Waals surface area contributed by atoms with Crippen molar-refractivity contribution in [2.75, 3.05) is 23.4 Å². The molecule has 1 atom stereocenters. The number of esters is 1. The van der Waals surface area contributed by atoms with Crippen LogP contribution in [0.15, 0.2) is 5.16 Å². The van der Waals surface area contributed by atoms with Crippen LogP contribution in [-0.4, -0.2) is 49.2 Å². The number of amides is 1. The van der Waals surface area contributed by atoms with Crippen molar-refractivity contribution in [1.29, 1.82) is 0 Å². The summed E-state index contributed by atoms with van der Waals surface area (Å²) in [6.45, 7) is 8.08. The molecule has 2 rings (SSSR count). The van der Waals surface area contributed by atoms with Gasteiger partial charge in [0.05, 0.1) is 12.4 Å². The minimum atomic E-state index is -0.642. The van der Waals surface area contributed by atoms with Crippen LogP contribution in [0.4, 0.5) is 11.1 Å². The molecule has 0 spiro atoms. The fraction of sp³-hybridized carbons (Fsp3) is 0.625. The summed E-state index contributed by atoms with van der Waals surface area (Å²) < 4.78 is 6.43. The van der Waals surface area contributed by atoms with Gasteiger partial charge in [0.2, 0.25) is 17.0 Å². The molecule has 2 aromatic heterocycles. The van der Waals surface area contributed by atoms with E-state index in [1.807, 2.05) is 6.92 Å². The van der Waals surface area contributed by atoms with Crippen LogP contribution in [0.3, 0.4) is 0 Å². The zero-order valence-corrected chi connectivity index (χ0v) is 18.0. The number of nitrogens with zero attached hydrogens (tertiary/aromatic N) is 5. The number of aromatic nitrogens is 5. The first kappa shape index (κ1) is 22.1. The molecule has 10 nitrogen and oxygen atoms in total. The van der Waals surface area contributed by atoms with Gasteiger partial charge in [-0.15, -0.1) is 20.4 Å². The number of nitrogens with one attached hydrogen (secondary N) is 1.